The van der Waals surface area contributed by atoms with E-state index < -0.39 is 11.6 Å². The average Bonchev–Trinajstić information content (AvgIpc) is 3.17. The molecular formula is C17H19N3O5. The maximum Gasteiger partial charge on any atom is 0.322 e. The minimum Gasteiger partial charge on any atom is -0.454 e. The number of piperidine rings is 1. The molecular weight excluding hydrogens is 326 g/mol. The van der Waals surface area contributed by atoms with Gasteiger partial charge in [0.25, 0.3) is 5.91 Å². The van der Waals surface area contributed by atoms with Crippen molar-refractivity contribution in [3.05, 3.63) is 23.8 Å². The summed E-state index contributed by atoms with van der Waals surface area (Å²) in [5, 5.41) is 4.97. The van der Waals surface area contributed by atoms with Crippen LogP contribution in [0, 0.1) is 0 Å². The first kappa shape index (κ1) is 15.7. The van der Waals surface area contributed by atoms with E-state index in [1.54, 1.807) is 4.90 Å². The Morgan fingerprint density at radius 2 is 1.92 bits per heavy atom. The number of carbonyl (C=O) groups is 3. The lowest BCUT2D eigenvalue weighted by atomic mass is 9.87. The summed E-state index contributed by atoms with van der Waals surface area (Å²) < 4.78 is 10.6. The van der Waals surface area contributed by atoms with Gasteiger partial charge in [-0.05, 0) is 37.0 Å². The van der Waals surface area contributed by atoms with Crippen LogP contribution in [0.3, 0.4) is 0 Å². The van der Waals surface area contributed by atoms with Crippen molar-refractivity contribution in [3.63, 3.8) is 0 Å². The van der Waals surface area contributed by atoms with Gasteiger partial charge < -0.3 is 19.7 Å². The lowest BCUT2D eigenvalue weighted by Crippen LogP contribution is -2.55. The topological polar surface area (TPSA) is 97.0 Å². The van der Waals surface area contributed by atoms with E-state index in [2.05, 4.69) is 10.6 Å². The van der Waals surface area contributed by atoms with E-state index in [9.17, 15) is 14.4 Å². The summed E-state index contributed by atoms with van der Waals surface area (Å²) in [6, 6.07) is 5.24. The van der Waals surface area contributed by atoms with Gasteiger partial charge in [-0.2, -0.15) is 0 Å². The Morgan fingerprint density at radius 1 is 1.16 bits per heavy atom. The molecule has 3 aliphatic rings. The van der Waals surface area contributed by atoms with Crippen LogP contribution in [-0.4, -0.2) is 48.2 Å². The van der Waals surface area contributed by atoms with Gasteiger partial charge in [0.1, 0.15) is 5.54 Å². The first-order valence-electron chi connectivity index (χ1n) is 8.36. The molecule has 0 saturated carbocycles. The highest BCUT2D eigenvalue weighted by Crippen LogP contribution is 2.33. The molecule has 132 valence electrons. The first-order chi connectivity index (χ1) is 12.1. The normalized spacial score (nSPS) is 20.6. The summed E-state index contributed by atoms with van der Waals surface area (Å²) in [5.74, 6) is 1.21. The molecule has 2 fully saturated rings. The fourth-order valence-electron chi connectivity index (χ4n) is 3.52. The zero-order valence-corrected chi connectivity index (χ0v) is 13.7. The molecule has 0 unspecified atom stereocenters. The van der Waals surface area contributed by atoms with E-state index in [-0.39, 0.29) is 18.6 Å². The molecule has 2 saturated heterocycles. The fraction of sp³-hybridized carbons (Fsp3) is 0.471. The SMILES string of the molecule is O=C1NC(=O)C2(CCN(C(=O)CCc3ccc4c(c3)OCO4)CC2)N1. The number of nitrogens with zero attached hydrogens (tertiary/aromatic N) is 1. The molecule has 0 atom stereocenters. The number of imide groups is 1. The van der Waals surface area contributed by atoms with Crippen LogP contribution in [0.15, 0.2) is 18.2 Å². The van der Waals surface area contributed by atoms with E-state index in [1.807, 2.05) is 18.2 Å². The van der Waals surface area contributed by atoms with Gasteiger partial charge in [-0.3, -0.25) is 14.9 Å². The zero-order valence-electron chi connectivity index (χ0n) is 13.7. The van der Waals surface area contributed by atoms with Gasteiger partial charge in [0.05, 0.1) is 0 Å². The standard InChI is InChI=1S/C17H19N3O5/c21-14(4-2-11-1-3-12-13(9-11)25-10-24-12)20-7-5-17(6-8-20)15(22)18-16(23)19-17/h1,3,9H,2,4-8,10H2,(H2,18,19,22,23). The lowest BCUT2D eigenvalue weighted by Gasteiger charge is -2.37. The van der Waals surface area contributed by atoms with Crippen LogP contribution < -0.4 is 20.1 Å². The quantitative estimate of drug-likeness (QED) is 0.780. The van der Waals surface area contributed by atoms with Crippen LogP contribution in [0.2, 0.25) is 0 Å². The summed E-state index contributed by atoms with van der Waals surface area (Å²) in [6.07, 6.45) is 1.90. The van der Waals surface area contributed by atoms with Crippen molar-refractivity contribution in [1.29, 1.82) is 0 Å². The van der Waals surface area contributed by atoms with Crippen molar-refractivity contribution >= 4 is 17.8 Å². The van der Waals surface area contributed by atoms with Crippen LogP contribution in [0.4, 0.5) is 4.79 Å². The molecule has 1 spiro atoms. The summed E-state index contributed by atoms with van der Waals surface area (Å²) >= 11 is 0. The minimum absolute atomic E-state index is 0.0530. The van der Waals surface area contributed by atoms with Crippen molar-refractivity contribution in [2.75, 3.05) is 19.9 Å². The number of hydrogen-bond acceptors (Lipinski definition) is 5. The molecule has 0 aromatic heterocycles. The van der Waals surface area contributed by atoms with Gasteiger partial charge in [-0.1, -0.05) is 6.07 Å². The average molecular weight is 345 g/mol. The van der Waals surface area contributed by atoms with E-state index in [0.29, 0.717) is 44.5 Å². The van der Waals surface area contributed by atoms with Gasteiger partial charge in [-0.15, -0.1) is 0 Å². The van der Waals surface area contributed by atoms with E-state index in [1.165, 1.54) is 0 Å². The Hall–Kier alpha value is -2.77. The van der Waals surface area contributed by atoms with Gasteiger partial charge in [0.2, 0.25) is 12.7 Å². The lowest BCUT2D eigenvalue weighted by molar-refractivity contribution is -0.135. The molecule has 25 heavy (non-hydrogen) atoms. The molecule has 4 rings (SSSR count). The third-order valence-electron chi connectivity index (χ3n) is 5.05. The maximum absolute atomic E-state index is 12.4. The zero-order chi connectivity index (χ0) is 17.4. The van der Waals surface area contributed by atoms with Crippen molar-refractivity contribution in [2.45, 2.75) is 31.2 Å². The Morgan fingerprint density at radius 3 is 2.64 bits per heavy atom. The highest BCUT2D eigenvalue weighted by molar-refractivity contribution is 6.07. The number of benzene rings is 1. The summed E-state index contributed by atoms with van der Waals surface area (Å²) in [4.78, 5) is 37.5. The molecule has 8 nitrogen and oxygen atoms in total. The van der Waals surface area contributed by atoms with Crippen molar-refractivity contribution in [1.82, 2.24) is 15.5 Å². The van der Waals surface area contributed by atoms with Crippen molar-refractivity contribution in [3.8, 4) is 11.5 Å². The molecule has 0 bridgehead atoms. The van der Waals surface area contributed by atoms with Gasteiger partial charge in [-0.25, -0.2) is 4.79 Å². The molecule has 8 heteroatoms. The van der Waals surface area contributed by atoms with Crippen LogP contribution in [0.25, 0.3) is 0 Å². The number of nitrogens with one attached hydrogen (secondary N) is 2. The van der Waals surface area contributed by atoms with E-state index in [0.717, 1.165) is 11.3 Å². The Bertz CT molecular complexity index is 740. The second-order valence-electron chi connectivity index (χ2n) is 6.56. The molecule has 0 aliphatic carbocycles. The van der Waals surface area contributed by atoms with Crippen molar-refractivity contribution < 1.29 is 23.9 Å². The second kappa shape index (κ2) is 5.94. The number of fused-ring (bicyclic) bond motifs is 1. The highest BCUT2D eigenvalue weighted by Gasteiger charge is 2.48. The van der Waals surface area contributed by atoms with Gasteiger partial charge in [0.15, 0.2) is 11.5 Å². The molecule has 0 radical (unpaired) electrons. The molecule has 4 amide bonds. The first-order valence-corrected chi connectivity index (χ1v) is 8.36. The number of likely N-dealkylation sites (tertiary alicyclic amines) is 1. The van der Waals surface area contributed by atoms with E-state index in [4.69, 9.17) is 9.47 Å². The van der Waals surface area contributed by atoms with Crippen LogP contribution >= 0.6 is 0 Å². The number of ether oxygens (including phenoxy) is 2. The largest absolute Gasteiger partial charge is 0.454 e. The fourth-order valence-corrected chi connectivity index (χ4v) is 3.52. The molecule has 2 N–H and O–H groups in total. The van der Waals surface area contributed by atoms with Gasteiger partial charge >= 0.3 is 6.03 Å². The predicted molar refractivity (Wildman–Crippen MR) is 86.1 cm³/mol. The molecule has 3 heterocycles. The number of hydrogen-bond donors (Lipinski definition) is 2. The number of rotatable bonds is 3. The molecule has 3 aliphatic heterocycles. The predicted octanol–water partition coefficient (Wildman–Crippen LogP) is 0.548. The third-order valence-corrected chi connectivity index (χ3v) is 5.05. The van der Waals surface area contributed by atoms with Crippen LogP contribution in [0.5, 0.6) is 11.5 Å². The monoisotopic (exact) mass is 345 g/mol. The second-order valence-corrected chi connectivity index (χ2v) is 6.56. The van der Waals surface area contributed by atoms with Gasteiger partial charge in [0, 0.05) is 19.5 Å². The summed E-state index contributed by atoms with van der Waals surface area (Å²) in [6.45, 7) is 1.17. The maximum atomic E-state index is 12.4. The number of aryl methyl sites for hydroxylation is 1. The van der Waals surface area contributed by atoms with E-state index >= 15 is 0 Å². The van der Waals surface area contributed by atoms with Crippen molar-refractivity contribution in [2.24, 2.45) is 0 Å². The summed E-state index contributed by atoms with van der Waals surface area (Å²) in [7, 11) is 0. The number of amides is 4. The Labute approximate surface area is 144 Å². The molecule has 1 aromatic carbocycles. The number of urea groups is 1. The Balaban J connectivity index is 1.31. The smallest absolute Gasteiger partial charge is 0.322 e. The minimum atomic E-state index is -0.842. The summed E-state index contributed by atoms with van der Waals surface area (Å²) in [5.41, 5.74) is 0.180. The highest BCUT2D eigenvalue weighted by atomic mass is 16.7. The van der Waals surface area contributed by atoms with Crippen LogP contribution in [0.1, 0.15) is 24.8 Å². The number of carbonyl (C=O) groups excluding carboxylic acids is 3. The Kier molecular flexibility index (Phi) is 3.74. The van der Waals surface area contributed by atoms with Crippen LogP contribution in [-0.2, 0) is 16.0 Å². The third kappa shape index (κ3) is 2.88. The molecule has 1 aromatic rings.